The van der Waals surface area contributed by atoms with Crippen molar-refractivity contribution in [1.82, 2.24) is 4.90 Å². The summed E-state index contributed by atoms with van der Waals surface area (Å²) in [6.45, 7) is 3.11. The molecule has 1 aliphatic rings. The van der Waals surface area contributed by atoms with Crippen LogP contribution in [0, 0.1) is 0 Å². The van der Waals surface area contributed by atoms with E-state index in [0.717, 1.165) is 19.4 Å². The highest BCUT2D eigenvalue weighted by Crippen LogP contribution is 2.34. The molecule has 82 valence electrons. The maximum Gasteiger partial charge on any atom is 0.410 e. The largest absolute Gasteiger partial charge is 0.450 e. The van der Waals surface area contributed by atoms with Crippen LogP contribution in [0.1, 0.15) is 30.7 Å². The van der Waals surface area contributed by atoms with Crippen LogP contribution in [0.5, 0.6) is 0 Å². The zero-order valence-corrected chi connectivity index (χ0v) is 9.63. The molecular formula is C11H15NO2S. The molecule has 1 saturated heterocycles. The number of hydrogen-bond acceptors (Lipinski definition) is 3. The molecule has 1 atom stereocenters. The molecule has 1 fully saturated rings. The van der Waals surface area contributed by atoms with Gasteiger partial charge in [0.25, 0.3) is 0 Å². The molecule has 0 unspecified atom stereocenters. The van der Waals surface area contributed by atoms with E-state index >= 15 is 0 Å². The molecule has 15 heavy (non-hydrogen) atoms. The monoisotopic (exact) mass is 225 g/mol. The van der Waals surface area contributed by atoms with Gasteiger partial charge in [0.2, 0.25) is 0 Å². The second kappa shape index (κ2) is 4.66. The Morgan fingerprint density at radius 2 is 2.60 bits per heavy atom. The molecule has 0 radical (unpaired) electrons. The van der Waals surface area contributed by atoms with E-state index in [2.05, 4.69) is 11.4 Å². The molecule has 2 heterocycles. The first-order valence-corrected chi connectivity index (χ1v) is 6.17. The Labute approximate surface area is 93.7 Å². The number of ether oxygens (including phenoxy) is 1. The number of rotatable bonds is 2. The molecule has 1 aliphatic heterocycles. The number of nitrogens with zero attached hydrogens (tertiary/aromatic N) is 1. The minimum atomic E-state index is -0.173. The Hall–Kier alpha value is -1.03. The summed E-state index contributed by atoms with van der Waals surface area (Å²) in [4.78, 5) is 14.8. The van der Waals surface area contributed by atoms with Gasteiger partial charge >= 0.3 is 6.09 Å². The second-order valence-corrected chi connectivity index (χ2v) is 4.55. The van der Waals surface area contributed by atoms with Crippen molar-refractivity contribution in [3.8, 4) is 0 Å². The van der Waals surface area contributed by atoms with E-state index in [-0.39, 0.29) is 12.1 Å². The lowest BCUT2D eigenvalue weighted by Crippen LogP contribution is -2.30. The van der Waals surface area contributed by atoms with Gasteiger partial charge in [-0.05, 0) is 31.2 Å². The van der Waals surface area contributed by atoms with Crippen molar-refractivity contribution in [2.75, 3.05) is 13.2 Å². The minimum Gasteiger partial charge on any atom is -0.450 e. The summed E-state index contributed by atoms with van der Waals surface area (Å²) in [5.74, 6) is 0. The molecule has 1 amide bonds. The summed E-state index contributed by atoms with van der Waals surface area (Å²) in [5, 5.41) is 2.05. The third kappa shape index (κ3) is 2.15. The number of likely N-dealkylation sites (tertiary alicyclic amines) is 1. The highest BCUT2D eigenvalue weighted by Gasteiger charge is 2.31. The quantitative estimate of drug-likeness (QED) is 0.774. The number of hydrogen-bond donors (Lipinski definition) is 0. The Bertz CT molecular complexity index is 323. The molecular weight excluding hydrogens is 210 g/mol. The first-order valence-electron chi connectivity index (χ1n) is 5.29. The summed E-state index contributed by atoms with van der Waals surface area (Å²) in [6.07, 6.45) is 1.95. The van der Waals surface area contributed by atoms with Crippen molar-refractivity contribution < 1.29 is 9.53 Å². The van der Waals surface area contributed by atoms with Gasteiger partial charge in [-0.1, -0.05) is 6.07 Å². The lowest BCUT2D eigenvalue weighted by Gasteiger charge is -2.22. The van der Waals surface area contributed by atoms with Crippen LogP contribution in [0.2, 0.25) is 0 Å². The molecule has 0 spiro atoms. The molecule has 4 heteroatoms. The first-order chi connectivity index (χ1) is 7.33. The lowest BCUT2D eigenvalue weighted by atomic mass is 10.2. The minimum absolute atomic E-state index is 0.173. The smallest absolute Gasteiger partial charge is 0.410 e. The van der Waals surface area contributed by atoms with E-state index in [1.54, 1.807) is 11.3 Å². The Morgan fingerprint density at radius 3 is 3.27 bits per heavy atom. The number of carbonyl (C=O) groups excluding carboxylic acids is 1. The van der Waals surface area contributed by atoms with Crippen LogP contribution in [0.15, 0.2) is 17.5 Å². The van der Waals surface area contributed by atoms with E-state index in [0.29, 0.717) is 6.61 Å². The zero-order chi connectivity index (χ0) is 10.7. The first kappa shape index (κ1) is 10.5. The van der Waals surface area contributed by atoms with Crippen LogP contribution in [-0.2, 0) is 4.74 Å². The number of amides is 1. The maximum absolute atomic E-state index is 11.7. The van der Waals surface area contributed by atoms with E-state index in [4.69, 9.17) is 4.74 Å². The van der Waals surface area contributed by atoms with Gasteiger partial charge < -0.3 is 9.64 Å². The summed E-state index contributed by atoms with van der Waals surface area (Å²) in [5.41, 5.74) is 0. The Balaban J connectivity index is 2.08. The summed E-state index contributed by atoms with van der Waals surface area (Å²) in [7, 11) is 0. The predicted octanol–water partition coefficient (Wildman–Crippen LogP) is 3.04. The number of carbonyl (C=O) groups is 1. The van der Waals surface area contributed by atoms with Crippen LogP contribution in [0.4, 0.5) is 4.79 Å². The molecule has 0 aromatic carbocycles. The van der Waals surface area contributed by atoms with Crippen LogP contribution in [0.25, 0.3) is 0 Å². The van der Waals surface area contributed by atoms with Crippen molar-refractivity contribution in [3.05, 3.63) is 22.4 Å². The molecule has 0 aliphatic carbocycles. The fourth-order valence-electron chi connectivity index (χ4n) is 1.97. The van der Waals surface area contributed by atoms with Crippen LogP contribution in [-0.4, -0.2) is 24.1 Å². The molecule has 0 N–H and O–H groups in total. The van der Waals surface area contributed by atoms with Crippen molar-refractivity contribution in [2.24, 2.45) is 0 Å². The van der Waals surface area contributed by atoms with Gasteiger partial charge in [-0.3, -0.25) is 0 Å². The van der Waals surface area contributed by atoms with Crippen LogP contribution in [0.3, 0.4) is 0 Å². The van der Waals surface area contributed by atoms with Crippen molar-refractivity contribution in [1.29, 1.82) is 0 Å². The molecule has 2 rings (SSSR count). The van der Waals surface area contributed by atoms with Gasteiger partial charge in [0.1, 0.15) is 0 Å². The predicted molar refractivity (Wildman–Crippen MR) is 60.0 cm³/mol. The molecule has 0 bridgehead atoms. The molecule has 1 aromatic rings. The normalized spacial score (nSPS) is 20.6. The third-order valence-electron chi connectivity index (χ3n) is 2.63. The fraction of sp³-hybridized carbons (Fsp3) is 0.545. The molecule has 1 aromatic heterocycles. The average Bonchev–Trinajstić information content (AvgIpc) is 2.88. The zero-order valence-electron chi connectivity index (χ0n) is 8.81. The van der Waals surface area contributed by atoms with Gasteiger partial charge in [-0.2, -0.15) is 0 Å². The Morgan fingerprint density at radius 1 is 1.73 bits per heavy atom. The van der Waals surface area contributed by atoms with Crippen molar-refractivity contribution >= 4 is 17.4 Å². The van der Waals surface area contributed by atoms with Crippen LogP contribution >= 0.6 is 11.3 Å². The lowest BCUT2D eigenvalue weighted by molar-refractivity contribution is 0.103. The third-order valence-corrected chi connectivity index (χ3v) is 3.60. The van der Waals surface area contributed by atoms with E-state index < -0.39 is 0 Å². The summed E-state index contributed by atoms with van der Waals surface area (Å²) < 4.78 is 5.05. The maximum atomic E-state index is 11.7. The SMILES string of the molecule is CCOC(=O)N1CCC[C@@H]1c1cccs1. The second-order valence-electron chi connectivity index (χ2n) is 3.57. The van der Waals surface area contributed by atoms with Gasteiger partial charge in [0.15, 0.2) is 0 Å². The standard InChI is InChI=1S/C11H15NO2S/c1-2-14-11(13)12-7-3-5-9(12)10-6-4-8-15-10/h4,6,8-9H,2-3,5,7H2,1H3/t9-/m1/s1. The van der Waals surface area contributed by atoms with Crippen molar-refractivity contribution in [3.63, 3.8) is 0 Å². The van der Waals surface area contributed by atoms with E-state index in [1.807, 2.05) is 17.9 Å². The molecule has 3 nitrogen and oxygen atoms in total. The average molecular weight is 225 g/mol. The van der Waals surface area contributed by atoms with Crippen molar-refractivity contribution in [2.45, 2.75) is 25.8 Å². The highest BCUT2D eigenvalue weighted by molar-refractivity contribution is 7.10. The van der Waals surface area contributed by atoms with E-state index in [1.165, 1.54) is 4.88 Å². The topological polar surface area (TPSA) is 29.5 Å². The van der Waals surface area contributed by atoms with E-state index in [9.17, 15) is 4.79 Å². The van der Waals surface area contributed by atoms with Crippen LogP contribution < -0.4 is 0 Å². The van der Waals surface area contributed by atoms with Gasteiger partial charge in [-0.25, -0.2) is 4.79 Å². The molecule has 0 saturated carbocycles. The fourth-order valence-corrected chi connectivity index (χ4v) is 2.84. The van der Waals surface area contributed by atoms with Gasteiger partial charge in [0, 0.05) is 11.4 Å². The summed E-state index contributed by atoms with van der Waals surface area (Å²) >= 11 is 1.71. The highest BCUT2D eigenvalue weighted by atomic mass is 32.1. The van der Waals surface area contributed by atoms with Gasteiger partial charge in [-0.15, -0.1) is 11.3 Å². The van der Waals surface area contributed by atoms with Gasteiger partial charge in [0.05, 0.1) is 12.6 Å². The Kier molecular flexibility index (Phi) is 3.26. The number of thiophene rings is 1. The summed E-state index contributed by atoms with van der Waals surface area (Å²) in [6, 6.07) is 4.36.